The normalized spacial score (nSPS) is 35.2. The van der Waals surface area contributed by atoms with Crippen molar-refractivity contribution in [1.29, 1.82) is 0 Å². The van der Waals surface area contributed by atoms with Crippen molar-refractivity contribution >= 4 is 23.6 Å². The Morgan fingerprint density at radius 1 is 1.40 bits per heavy atom. The highest BCUT2D eigenvalue weighted by atomic mass is 32.2. The smallest absolute Gasteiger partial charge is 0.327 e. The maximum atomic E-state index is 12.8. The van der Waals surface area contributed by atoms with Gasteiger partial charge in [-0.3, -0.25) is 4.79 Å². The summed E-state index contributed by atoms with van der Waals surface area (Å²) in [5.74, 6) is -0.168. The second kappa shape index (κ2) is 5.22. The van der Waals surface area contributed by atoms with Gasteiger partial charge in [-0.2, -0.15) is 0 Å². The summed E-state index contributed by atoms with van der Waals surface area (Å²) in [4.78, 5) is 25.8. The van der Waals surface area contributed by atoms with E-state index in [-0.39, 0.29) is 22.6 Å². The molecule has 1 amide bonds. The monoisotopic (exact) mass is 298 g/mol. The van der Waals surface area contributed by atoms with E-state index < -0.39 is 12.0 Å². The van der Waals surface area contributed by atoms with Crippen LogP contribution in [0.4, 0.5) is 0 Å². The lowest BCUT2D eigenvalue weighted by atomic mass is 9.91. The summed E-state index contributed by atoms with van der Waals surface area (Å²) in [6.07, 6.45) is 3.89. The van der Waals surface area contributed by atoms with Crippen LogP contribution in [0.15, 0.2) is 0 Å². The number of aliphatic carboxylic acids is 1. The lowest BCUT2D eigenvalue weighted by Gasteiger charge is -2.29. The second-order valence-corrected chi connectivity index (χ2v) is 7.38. The van der Waals surface area contributed by atoms with E-state index in [9.17, 15) is 14.7 Å². The molecule has 1 aliphatic carbocycles. The molecule has 0 aromatic carbocycles. The third kappa shape index (κ3) is 2.22. The van der Waals surface area contributed by atoms with E-state index in [1.54, 1.807) is 16.7 Å². The van der Waals surface area contributed by atoms with Gasteiger partial charge in [-0.05, 0) is 44.2 Å². The highest BCUT2D eigenvalue weighted by Crippen LogP contribution is 2.59. The average Bonchev–Trinajstić information content (AvgIpc) is 2.96. The Morgan fingerprint density at radius 3 is 2.70 bits per heavy atom. The topological polar surface area (TPSA) is 69.6 Å². The molecule has 6 heteroatoms. The van der Waals surface area contributed by atoms with Crippen LogP contribution in [0.1, 0.15) is 32.6 Å². The number of hydrogen-bond acceptors (Lipinski definition) is 4. The fourth-order valence-corrected chi connectivity index (χ4v) is 5.07. The van der Waals surface area contributed by atoms with Gasteiger partial charge in [-0.25, -0.2) is 4.79 Å². The van der Waals surface area contributed by atoms with Crippen LogP contribution in [0.3, 0.4) is 0 Å². The van der Waals surface area contributed by atoms with Gasteiger partial charge < -0.3 is 15.3 Å². The standard InChI is InChI=1S/C14H22N2O3S/c1-2-11-16(10(8-20-11)13(18)19)12(17)9-7-14(9)3-5-15-6-4-14/h9-11,15H,2-8H2,1H3,(H,18,19). The molecule has 1 spiro atoms. The highest BCUT2D eigenvalue weighted by Gasteiger charge is 2.60. The number of nitrogens with zero attached hydrogens (tertiary/aromatic N) is 1. The molecule has 3 fully saturated rings. The van der Waals surface area contributed by atoms with Crippen LogP contribution < -0.4 is 5.32 Å². The second-order valence-electron chi connectivity index (χ2n) is 6.16. The van der Waals surface area contributed by atoms with Gasteiger partial charge >= 0.3 is 5.97 Å². The van der Waals surface area contributed by atoms with Gasteiger partial charge in [0.25, 0.3) is 0 Å². The van der Waals surface area contributed by atoms with Crippen molar-refractivity contribution in [3.8, 4) is 0 Å². The number of hydrogen-bond donors (Lipinski definition) is 2. The molecule has 3 unspecified atom stereocenters. The fourth-order valence-electron chi connectivity index (χ4n) is 3.72. The quantitative estimate of drug-likeness (QED) is 0.818. The minimum atomic E-state index is -0.859. The average molecular weight is 298 g/mol. The first kappa shape index (κ1) is 14.2. The van der Waals surface area contributed by atoms with Crippen LogP contribution in [-0.2, 0) is 9.59 Å². The molecule has 3 aliphatic rings. The molecule has 20 heavy (non-hydrogen) atoms. The van der Waals surface area contributed by atoms with Crippen LogP contribution in [-0.4, -0.2) is 52.1 Å². The molecule has 112 valence electrons. The van der Waals surface area contributed by atoms with Gasteiger partial charge in [0.05, 0.1) is 5.37 Å². The maximum absolute atomic E-state index is 12.8. The molecule has 0 aromatic heterocycles. The van der Waals surface area contributed by atoms with Crippen molar-refractivity contribution < 1.29 is 14.7 Å². The largest absolute Gasteiger partial charge is 0.480 e. The number of amides is 1. The maximum Gasteiger partial charge on any atom is 0.327 e. The Morgan fingerprint density at radius 2 is 2.10 bits per heavy atom. The van der Waals surface area contributed by atoms with Gasteiger partial charge in [0.15, 0.2) is 0 Å². The van der Waals surface area contributed by atoms with Crippen LogP contribution in [0.25, 0.3) is 0 Å². The number of carbonyl (C=O) groups excluding carboxylic acids is 1. The summed E-state index contributed by atoms with van der Waals surface area (Å²) in [6.45, 7) is 3.99. The van der Waals surface area contributed by atoms with E-state index in [2.05, 4.69) is 5.32 Å². The minimum absolute atomic E-state index is 0.0444. The molecule has 2 heterocycles. The molecule has 0 radical (unpaired) electrons. The van der Waals surface area contributed by atoms with E-state index >= 15 is 0 Å². The predicted molar refractivity (Wildman–Crippen MR) is 77.5 cm³/mol. The SMILES string of the molecule is CCC1SCC(C(=O)O)N1C(=O)C1CC12CCNCC2. The fraction of sp³-hybridized carbons (Fsp3) is 0.857. The van der Waals surface area contributed by atoms with Gasteiger partial charge in [0, 0.05) is 11.7 Å². The van der Waals surface area contributed by atoms with Crippen molar-refractivity contribution in [2.45, 2.75) is 44.0 Å². The summed E-state index contributed by atoms with van der Waals surface area (Å²) < 4.78 is 0. The van der Waals surface area contributed by atoms with Gasteiger partial charge in [-0.15, -0.1) is 11.8 Å². The Hall–Kier alpha value is -0.750. The number of thioether (sulfide) groups is 1. The number of nitrogens with one attached hydrogen (secondary N) is 1. The first-order valence-electron chi connectivity index (χ1n) is 7.46. The number of carbonyl (C=O) groups is 2. The van der Waals surface area contributed by atoms with E-state index in [0.717, 1.165) is 38.8 Å². The van der Waals surface area contributed by atoms with Crippen molar-refractivity contribution in [2.75, 3.05) is 18.8 Å². The predicted octanol–water partition coefficient (Wildman–Crippen LogP) is 1.14. The van der Waals surface area contributed by atoms with Crippen LogP contribution in [0, 0.1) is 11.3 Å². The summed E-state index contributed by atoms with van der Waals surface area (Å²) >= 11 is 1.61. The Kier molecular flexibility index (Phi) is 3.71. The molecular formula is C14H22N2O3S. The third-order valence-corrected chi connectivity index (χ3v) is 6.52. The molecule has 3 atom stereocenters. The van der Waals surface area contributed by atoms with Crippen molar-refractivity contribution in [3.05, 3.63) is 0 Å². The van der Waals surface area contributed by atoms with Crippen molar-refractivity contribution in [3.63, 3.8) is 0 Å². The Labute approximate surface area is 123 Å². The van der Waals surface area contributed by atoms with Crippen LogP contribution in [0.2, 0.25) is 0 Å². The molecule has 2 saturated heterocycles. The van der Waals surface area contributed by atoms with Crippen LogP contribution >= 0.6 is 11.8 Å². The summed E-state index contributed by atoms with van der Waals surface area (Å²) in [6, 6.07) is -0.628. The zero-order valence-electron chi connectivity index (χ0n) is 11.8. The zero-order chi connectivity index (χ0) is 14.3. The Bertz CT molecular complexity index is 423. The summed E-state index contributed by atoms with van der Waals surface area (Å²) in [7, 11) is 0. The molecule has 3 rings (SSSR count). The van der Waals surface area contributed by atoms with Gasteiger partial charge in [-0.1, -0.05) is 6.92 Å². The molecule has 0 bridgehead atoms. The highest BCUT2D eigenvalue weighted by molar-refractivity contribution is 8.00. The number of piperidine rings is 1. The summed E-state index contributed by atoms with van der Waals surface area (Å²) in [5.41, 5.74) is 0.178. The van der Waals surface area contributed by atoms with Crippen molar-refractivity contribution in [1.82, 2.24) is 10.2 Å². The third-order valence-electron chi connectivity index (χ3n) is 5.07. The molecular weight excluding hydrogens is 276 g/mol. The van der Waals surface area contributed by atoms with Gasteiger partial charge in [0.2, 0.25) is 5.91 Å². The van der Waals surface area contributed by atoms with E-state index in [4.69, 9.17) is 0 Å². The Balaban J connectivity index is 1.73. The van der Waals surface area contributed by atoms with E-state index in [1.807, 2.05) is 6.92 Å². The van der Waals surface area contributed by atoms with Crippen LogP contribution in [0.5, 0.6) is 0 Å². The number of carboxylic acid groups (broad SMARTS) is 1. The molecule has 2 N–H and O–H groups in total. The molecule has 1 saturated carbocycles. The summed E-state index contributed by atoms with van der Waals surface area (Å²) in [5, 5.41) is 12.7. The van der Waals surface area contributed by atoms with E-state index in [1.165, 1.54) is 0 Å². The van der Waals surface area contributed by atoms with Gasteiger partial charge in [0.1, 0.15) is 6.04 Å². The lowest BCUT2D eigenvalue weighted by Crippen LogP contribution is -2.47. The molecule has 5 nitrogen and oxygen atoms in total. The van der Waals surface area contributed by atoms with E-state index in [0.29, 0.717) is 5.75 Å². The lowest BCUT2D eigenvalue weighted by molar-refractivity contribution is -0.150. The molecule has 0 aromatic rings. The minimum Gasteiger partial charge on any atom is -0.480 e. The molecule has 2 aliphatic heterocycles. The first-order valence-corrected chi connectivity index (χ1v) is 8.51. The zero-order valence-corrected chi connectivity index (χ0v) is 12.6. The number of carboxylic acids is 1. The van der Waals surface area contributed by atoms with Crippen molar-refractivity contribution in [2.24, 2.45) is 11.3 Å². The number of rotatable bonds is 3. The first-order chi connectivity index (χ1) is 9.59.